The lowest BCUT2D eigenvalue weighted by Gasteiger charge is -2.31. The molecular formula is C36H25N. The first-order valence-electron chi connectivity index (χ1n) is 12.9. The molecule has 0 aliphatic heterocycles. The van der Waals surface area contributed by atoms with Crippen LogP contribution in [0.5, 0.6) is 0 Å². The van der Waals surface area contributed by atoms with E-state index in [1.807, 2.05) is 0 Å². The number of benzene rings is 6. The topological polar surface area (TPSA) is 3.24 Å². The summed E-state index contributed by atoms with van der Waals surface area (Å²) >= 11 is 0. The Morgan fingerprint density at radius 1 is 0.405 bits per heavy atom. The van der Waals surface area contributed by atoms with Gasteiger partial charge in [0.2, 0.25) is 0 Å². The monoisotopic (exact) mass is 471 g/mol. The van der Waals surface area contributed by atoms with E-state index < -0.39 is 0 Å². The van der Waals surface area contributed by atoms with Gasteiger partial charge >= 0.3 is 0 Å². The van der Waals surface area contributed by atoms with E-state index in [1.165, 1.54) is 66.7 Å². The fraction of sp³-hybridized carbons (Fsp3) is 0.0556. The van der Waals surface area contributed by atoms with Crippen molar-refractivity contribution in [2.45, 2.75) is 5.41 Å². The van der Waals surface area contributed by atoms with Crippen LogP contribution in [0.4, 0.5) is 11.4 Å². The van der Waals surface area contributed by atoms with Crippen molar-refractivity contribution >= 4 is 22.1 Å². The maximum absolute atomic E-state index is 2.43. The standard InChI is InChI=1S/C36H25N/c1-37(26-19-18-24-10-2-3-11-25(24)22-26)27-20-21-31-30-14-6-9-17-34(30)36(35(31)23-27)32-15-7-4-12-28(32)29-13-5-8-16-33(29)36/h2-23H,1H3. The molecular weight excluding hydrogens is 446 g/mol. The van der Waals surface area contributed by atoms with Crippen LogP contribution >= 0.6 is 0 Å². The van der Waals surface area contributed by atoms with E-state index in [4.69, 9.17) is 0 Å². The molecule has 174 valence electrons. The average Bonchev–Trinajstić information content (AvgIpc) is 3.44. The van der Waals surface area contributed by atoms with Gasteiger partial charge in [0, 0.05) is 18.4 Å². The van der Waals surface area contributed by atoms with Crippen molar-refractivity contribution in [3.8, 4) is 22.3 Å². The lowest BCUT2D eigenvalue weighted by Crippen LogP contribution is -2.26. The molecule has 0 aromatic heterocycles. The first-order valence-corrected chi connectivity index (χ1v) is 12.9. The maximum Gasteiger partial charge on any atom is 0.0726 e. The summed E-state index contributed by atoms with van der Waals surface area (Å²) in [7, 11) is 2.18. The van der Waals surface area contributed by atoms with Gasteiger partial charge in [-0.05, 0) is 79.5 Å². The second-order valence-electron chi connectivity index (χ2n) is 10.2. The highest BCUT2D eigenvalue weighted by atomic mass is 15.1. The molecule has 0 unspecified atom stereocenters. The Hall–Kier alpha value is -4.62. The first-order chi connectivity index (χ1) is 18.3. The van der Waals surface area contributed by atoms with Gasteiger partial charge in [-0.1, -0.05) is 109 Å². The Kier molecular flexibility index (Phi) is 4.14. The Balaban J connectivity index is 1.39. The Bertz CT molecular complexity index is 1800. The van der Waals surface area contributed by atoms with Gasteiger partial charge in [-0.2, -0.15) is 0 Å². The number of nitrogens with zero attached hydrogens (tertiary/aromatic N) is 1. The SMILES string of the molecule is CN(c1ccc2c(c1)C1(c3ccccc3-c3ccccc31)c1ccccc1-2)c1ccc2ccccc2c1. The Labute approximate surface area is 217 Å². The molecule has 0 bridgehead atoms. The molecule has 0 fully saturated rings. The summed E-state index contributed by atoms with van der Waals surface area (Å²) in [5.41, 5.74) is 13.0. The predicted molar refractivity (Wildman–Crippen MR) is 155 cm³/mol. The summed E-state index contributed by atoms with van der Waals surface area (Å²) in [6.45, 7) is 0. The second kappa shape index (κ2) is 7.44. The molecule has 1 heteroatoms. The predicted octanol–water partition coefficient (Wildman–Crippen LogP) is 8.95. The largest absolute Gasteiger partial charge is 0.345 e. The molecule has 0 atom stereocenters. The van der Waals surface area contributed by atoms with Crippen molar-refractivity contribution in [2.24, 2.45) is 0 Å². The fourth-order valence-corrected chi connectivity index (χ4v) is 6.83. The van der Waals surface area contributed by atoms with Crippen molar-refractivity contribution in [1.82, 2.24) is 0 Å². The van der Waals surface area contributed by atoms with Gasteiger partial charge in [0.25, 0.3) is 0 Å². The van der Waals surface area contributed by atoms with Crippen LogP contribution in [0.2, 0.25) is 0 Å². The third kappa shape index (κ3) is 2.64. The number of hydrogen-bond donors (Lipinski definition) is 0. The van der Waals surface area contributed by atoms with E-state index in [0.717, 1.165) is 0 Å². The van der Waals surface area contributed by atoms with Crippen LogP contribution in [-0.4, -0.2) is 7.05 Å². The van der Waals surface area contributed by atoms with Crippen molar-refractivity contribution < 1.29 is 0 Å². The molecule has 2 aliphatic rings. The van der Waals surface area contributed by atoms with Crippen molar-refractivity contribution in [2.75, 3.05) is 11.9 Å². The highest BCUT2D eigenvalue weighted by Gasteiger charge is 2.51. The van der Waals surface area contributed by atoms with Crippen LogP contribution in [0.1, 0.15) is 22.3 Å². The zero-order chi connectivity index (χ0) is 24.6. The second-order valence-corrected chi connectivity index (χ2v) is 10.2. The maximum atomic E-state index is 2.43. The normalized spacial score (nSPS) is 13.8. The quantitative estimate of drug-likeness (QED) is 0.243. The number of hydrogen-bond acceptors (Lipinski definition) is 1. The smallest absolute Gasteiger partial charge is 0.0726 e. The van der Waals surface area contributed by atoms with Crippen molar-refractivity contribution in [3.63, 3.8) is 0 Å². The molecule has 37 heavy (non-hydrogen) atoms. The lowest BCUT2D eigenvalue weighted by atomic mass is 9.70. The van der Waals surface area contributed by atoms with Gasteiger partial charge < -0.3 is 4.90 Å². The minimum atomic E-state index is -0.306. The van der Waals surface area contributed by atoms with Gasteiger partial charge in [-0.3, -0.25) is 0 Å². The summed E-state index contributed by atoms with van der Waals surface area (Å²) in [5.74, 6) is 0. The van der Waals surface area contributed by atoms with E-state index in [2.05, 4.69) is 145 Å². The van der Waals surface area contributed by atoms with Gasteiger partial charge in [0.1, 0.15) is 0 Å². The van der Waals surface area contributed by atoms with Crippen LogP contribution < -0.4 is 4.90 Å². The Morgan fingerprint density at radius 3 is 1.49 bits per heavy atom. The van der Waals surface area contributed by atoms with E-state index in [1.54, 1.807) is 0 Å². The van der Waals surface area contributed by atoms with E-state index in [-0.39, 0.29) is 5.41 Å². The highest BCUT2D eigenvalue weighted by Crippen LogP contribution is 2.63. The molecule has 0 saturated heterocycles. The number of anilines is 2. The van der Waals surface area contributed by atoms with E-state index in [9.17, 15) is 0 Å². The molecule has 6 aromatic carbocycles. The lowest BCUT2D eigenvalue weighted by molar-refractivity contribution is 0.793. The van der Waals surface area contributed by atoms with E-state index in [0.29, 0.717) is 0 Å². The van der Waals surface area contributed by atoms with Gasteiger partial charge in [0.15, 0.2) is 0 Å². The minimum Gasteiger partial charge on any atom is -0.345 e. The summed E-state index contributed by atoms with van der Waals surface area (Å²) < 4.78 is 0. The molecule has 8 rings (SSSR count). The average molecular weight is 472 g/mol. The molecule has 0 radical (unpaired) electrons. The first kappa shape index (κ1) is 20.6. The molecule has 0 N–H and O–H groups in total. The van der Waals surface area contributed by atoms with Gasteiger partial charge in [-0.15, -0.1) is 0 Å². The van der Waals surface area contributed by atoms with E-state index >= 15 is 0 Å². The summed E-state index contributed by atoms with van der Waals surface area (Å²) in [6.07, 6.45) is 0. The molecule has 1 spiro atoms. The highest BCUT2D eigenvalue weighted by molar-refractivity contribution is 5.96. The number of rotatable bonds is 2. The van der Waals surface area contributed by atoms with Crippen LogP contribution in [0.15, 0.2) is 133 Å². The summed E-state index contributed by atoms with van der Waals surface area (Å²) in [6, 6.07) is 49.3. The van der Waals surface area contributed by atoms with Gasteiger partial charge in [0.05, 0.1) is 5.41 Å². The molecule has 1 nitrogen and oxygen atoms in total. The van der Waals surface area contributed by atoms with Crippen molar-refractivity contribution in [3.05, 3.63) is 156 Å². The Morgan fingerprint density at radius 2 is 0.865 bits per heavy atom. The third-order valence-corrected chi connectivity index (χ3v) is 8.49. The molecule has 0 amide bonds. The molecule has 0 heterocycles. The van der Waals surface area contributed by atoms with Crippen LogP contribution in [0, 0.1) is 0 Å². The zero-order valence-electron chi connectivity index (χ0n) is 20.6. The third-order valence-electron chi connectivity index (χ3n) is 8.49. The molecule has 6 aromatic rings. The summed E-state index contributed by atoms with van der Waals surface area (Å²) in [5, 5.41) is 2.53. The number of fused-ring (bicyclic) bond motifs is 11. The fourth-order valence-electron chi connectivity index (χ4n) is 6.83. The van der Waals surface area contributed by atoms with Crippen molar-refractivity contribution in [1.29, 1.82) is 0 Å². The van der Waals surface area contributed by atoms with Gasteiger partial charge in [-0.25, -0.2) is 0 Å². The van der Waals surface area contributed by atoms with Crippen LogP contribution in [-0.2, 0) is 5.41 Å². The van der Waals surface area contributed by atoms with Crippen LogP contribution in [0.25, 0.3) is 33.0 Å². The summed E-state index contributed by atoms with van der Waals surface area (Å²) in [4.78, 5) is 2.32. The zero-order valence-corrected chi connectivity index (χ0v) is 20.6. The van der Waals surface area contributed by atoms with Crippen LogP contribution in [0.3, 0.4) is 0 Å². The minimum absolute atomic E-state index is 0.306. The molecule has 0 saturated carbocycles. The molecule has 2 aliphatic carbocycles.